The Morgan fingerprint density at radius 2 is 2.40 bits per heavy atom. The van der Waals surface area contributed by atoms with Crippen LogP contribution in [-0.2, 0) is 4.79 Å². The molecule has 1 rings (SSSR count). The monoisotopic (exact) mass is 200 g/mol. The van der Waals surface area contributed by atoms with Crippen molar-refractivity contribution in [2.24, 2.45) is 0 Å². The maximum absolute atomic E-state index is 9.87. The molecule has 0 saturated heterocycles. The van der Waals surface area contributed by atoms with Gasteiger partial charge in [0.2, 0.25) is 0 Å². The molecule has 1 aromatic heterocycles. The first-order chi connectivity index (χ1) is 4.84. The zero-order chi connectivity index (χ0) is 7.40. The van der Waals surface area contributed by atoms with Crippen LogP contribution < -0.4 is 0 Å². The molecule has 3 heteroatoms. The summed E-state index contributed by atoms with van der Waals surface area (Å²) in [4.78, 5) is 9.87. The standard InChI is InChI=1S/C7H5BrO2/c8-6-3-5-10-7(6)2-1-4-9/h1-5H/b2-1+. The SMILES string of the molecule is O=C/C=C/c1occc1Br. The number of carbonyl (C=O) groups excluding carboxylic acids is 1. The molecule has 2 nitrogen and oxygen atoms in total. The lowest BCUT2D eigenvalue weighted by atomic mass is 10.4. The van der Waals surface area contributed by atoms with Gasteiger partial charge in [-0.25, -0.2) is 0 Å². The van der Waals surface area contributed by atoms with Crippen LogP contribution in [0.2, 0.25) is 0 Å². The lowest BCUT2D eigenvalue weighted by molar-refractivity contribution is -0.104. The summed E-state index contributed by atoms with van der Waals surface area (Å²) in [5.41, 5.74) is 0. The van der Waals surface area contributed by atoms with Crippen molar-refractivity contribution in [3.63, 3.8) is 0 Å². The van der Waals surface area contributed by atoms with Crippen LogP contribution in [0.3, 0.4) is 0 Å². The second-order valence-electron chi connectivity index (χ2n) is 1.63. The maximum Gasteiger partial charge on any atom is 0.142 e. The molecule has 1 aromatic rings. The smallest absolute Gasteiger partial charge is 0.142 e. The van der Waals surface area contributed by atoms with Gasteiger partial charge in [0, 0.05) is 0 Å². The highest BCUT2D eigenvalue weighted by Crippen LogP contribution is 2.18. The predicted molar refractivity (Wildman–Crippen MR) is 41.5 cm³/mol. The lowest BCUT2D eigenvalue weighted by Gasteiger charge is -1.82. The van der Waals surface area contributed by atoms with Crippen molar-refractivity contribution in [3.05, 3.63) is 28.6 Å². The van der Waals surface area contributed by atoms with Crippen LogP contribution in [0.5, 0.6) is 0 Å². The molecule has 10 heavy (non-hydrogen) atoms. The Hall–Kier alpha value is -0.830. The van der Waals surface area contributed by atoms with Crippen LogP contribution in [0.15, 0.2) is 27.3 Å². The first kappa shape index (κ1) is 7.28. The minimum absolute atomic E-state index is 0.659. The van der Waals surface area contributed by atoms with Crippen molar-refractivity contribution in [2.75, 3.05) is 0 Å². The minimum Gasteiger partial charge on any atom is -0.464 e. The second kappa shape index (κ2) is 3.37. The van der Waals surface area contributed by atoms with E-state index in [1.807, 2.05) is 0 Å². The number of carbonyl (C=O) groups is 1. The first-order valence-corrected chi connectivity index (χ1v) is 3.48. The normalized spacial score (nSPS) is 10.5. The van der Waals surface area contributed by atoms with Gasteiger partial charge >= 0.3 is 0 Å². The zero-order valence-corrected chi connectivity index (χ0v) is 6.67. The van der Waals surface area contributed by atoms with Gasteiger partial charge in [0.25, 0.3) is 0 Å². The Morgan fingerprint density at radius 3 is 2.90 bits per heavy atom. The van der Waals surface area contributed by atoms with Crippen molar-refractivity contribution in [3.8, 4) is 0 Å². The third-order valence-electron chi connectivity index (χ3n) is 0.971. The van der Waals surface area contributed by atoms with E-state index >= 15 is 0 Å². The van der Waals surface area contributed by atoms with Gasteiger partial charge in [-0.05, 0) is 34.1 Å². The van der Waals surface area contributed by atoms with Gasteiger partial charge in [0.15, 0.2) is 0 Å². The molecule has 0 radical (unpaired) electrons. The molecule has 0 N–H and O–H groups in total. The number of halogens is 1. The fraction of sp³-hybridized carbons (Fsp3) is 0. The van der Waals surface area contributed by atoms with E-state index in [1.165, 1.54) is 6.08 Å². The summed E-state index contributed by atoms with van der Waals surface area (Å²) in [7, 11) is 0. The summed E-state index contributed by atoms with van der Waals surface area (Å²) in [5.74, 6) is 0.659. The van der Waals surface area contributed by atoms with Crippen molar-refractivity contribution in [1.29, 1.82) is 0 Å². The number of hydrogen-bond donors (Lipinski definition) is 0. The van der Waals surface area contributed by atoms with E-state index in [0.717, 1.165) is 4.47 Å². The quantitative estimate of drug-likeness (QED) is 0.542. The largest absolute Gasteiger partial charge is 0.464 e. The summed E-state index contributed by atoms with van der Waals surface area (Å²) in [6.07, 6.45) is 5.23. The van der Waals surface area contributed by atoms with Crippen LogP contribution in [0.4, 0.5) is 0 Å². The number of furan rings is 1. The van der Waals surface area contributed by atoms with Crippen molar-refractivity contribution in [1.82, 2.24) is 0 Å². The van der Waals surface area contributed by atoms with Gasteiger partial charge in [0.05, 0.1) is 10.7 Å². The Balaban J connectivity index is 2.83. The van der Waals surface area contributed by atoms with Crippen LogP contribution >= 0.6 is 15.9 Å². The Bertz CT molecular complexity index is 250. The molecule has 0 fully saturated rings. The summed E-state index contributed by atoms with van der Waals surface area (Å²) >= 11 is 3.24. The molecule has 0 bridgehead atoms. The molecular weight excluding hydrogens is 196 g/mol. The van der Waals surface area contributed by atoms with Crippen molar-refractivity contribution in [2.45, 2.75) is 0 Å². The van der Waals surface area contributed by atoms with E-state index in [2.05, 4.69) is 15.9 Å². The Morgan fingerprint density at radius 1 is 1.60 bits per heavy atom. The molecule has 0 aliphatic heterocycles. The minimum atomic E-state index is 0.659. The number of allylic oxidation sites excluding steroid dienone is 1. The molecule has 0 aromatic carbocycles. The molecule has 52 valence electrons. The second-order valence-corrected chi connectivity index (χ2v) is 2.48. The van der Waals surface area contributed by atoms with E-state index in [9.17, 15) is 4.79 Å². The lowest BCUT2D eigenvalue weighted by Crippen LogP contribution is -1.64. The highest BCUT2D eigenvalue weighted by Gasteiger charge is 1.95. The van der Waals surface area contributed by atoms with Crippen LogP contribution in [0.25, 0.3) is 6.08 Å². The zero-order valence-electron chi connectivity index (χ0n) is 5.08. The van der Waals surface area contributed by atoms with Gasteiger partial charge in [-0.2, -0.15) is 0 Å². The van der Waals surface area contributed by atoms with Crippen molar-refractivity contribution >= 4 is 28.3 Å². The Kier molecular flexibility index (Phi) is 2.45. The van der Waals surface area contributed by atoms with Gasteiger partial charge in [-0.3, -0.25) is 4.79 Å². The van der Waals surface area contributed by atoms with E-state index in [4.69, 9.17) is 4.42 Å². The van der Waals surface area contributed by atoms with E-state index in [-0.39, 0.29) is 0 Å². The number of aldehydes is 1. The van der Waals surface area contributed by atoms with Gasteiger partial charge < -0.3 is 4.42 Å². The number of rotatable bonds is 2. The van der Waals surface area contributed by atoms with Crippen LogP contribution in [0.1, 0.15) is 5.76 Å². The molecule has 1 heterocycles. The van der Waals surface area contributed by atoms with Crippen LogP contribution in [-0.4, -0.2) is 6.29 Å². The molecule has 0 aliphatic rings. The molecule has 0 saturated carbocycles. The fourth-order valence-corrected chi connectivity index (χ4v) is 0.885. The molecule has 0 unspecified atom stereocenters. The van der Waals surface area contributed by atoms with E-state index in [1.54, 1.807) is 18.4 Å². The third kappa shape index (κ3) is 1.57. The summed E-state index contributed by atoms with van der Waals surface area (Å²) < 4.78 is 5.83. The molecule has 0 atom stereocenters. The number of hydrogen-bond acceptors (Lipinski definition) is 2. The predicted octanol–water partition coefficient (Wildman–Crippen LogP) is 2.25. The van der Waals surface area contributed by atoms with E-state index < -0.39 is 0 Å². The highest BCUT2D eigenvalue weighted by atomic mass is 79.9. The molecule has 0 aliphatic carbocycles. The van der Waals surface area contributed by atoms with Gasteiger partial charge in [-0.1, -0.05) is 0 Å². The summed E-state index contributed by atoms with van der Waals surface area (Å²) in [5, 5.41) is 0. The molecule has 0 spiro atoms. The van der Waals surface area contributed by atoms with Gasteiger partial charge in [0.1, 0.15) is 12.0 Å². The topological polar surface area (TPSA) is 30.2 Å². The average molecular weight is 201 g/mol. The molecular formula is C7H5BrO2. The van der Waals surface area contributed by atoms with Crippen molar-refractivity contribution < 1.29 is 9.21 Å². The van der Waals surface area contributed by atoms with E-state index in [0.29, 0.717) is 12.0 Å². The first-order valence-electron chi connectivity index (χ1n) is 2.69. The van der Waals surface area contributed by atoms with Gasteiger partial charge in [-0.15, -0.1) is 0 Å². The Labute approximate surface area is 66.7 Å². The summed E-state index contributed by atoms with van der Waals surface area (Å²) in [6, 6.07) is 1.77. The summed E-state index contributed by atoms with van der Waals surface area (Å²) in [6.45, 7) is 0. The average Bonchev–Trinajstić information content (AvgIpc) is 2.31. The van der Waals surface area contributed by atoms with Crippen LogP contribution in [0, 0.1) is 0 Å². The fourth-order valence-electron chi connectivity index (χ4n) is 0.551. The molecule has 0 amide bonds. The highest BCUT2D eigenvalue weighted by molar-refractivity contribution is 9.10. The maximum atomic E-state index is 9.87. The third-order valence-corrected chi connectivity index (χ3v) is 1.63.